The molecule has 4 aliphatic carbocycles. The van der Waals surface area contributed by atoms with E-state index in [4.69, 9.17) is 9.84 Å². The Hall–Kier alpha value is -2.56. The maximum Gasteiger partial charge on any atom is 0.306 e. The Morgan fingerprint density at radius 1 is 0.939 bits per heavy atom. The Bertz CT molecular complexity index is 1330. The van der Waals surface area contributed by atoms with Crippen LogP contribution in [-0.4, -0.2) is 23.1 Å². The first-order chi connectivity index (χ1) is 23.1. The topological polar surface area (TPSA) is 75.6 Å². The first-order valence-electron chi connectivity index (χ1n) is 19.8. The number of anilines is 1. The van der Waals surface area contributed by atoms with E-state index < -0.39 is 5.97 Å². The number of benzene rings is 1. The van der Waals surface area contributed by atoms with E-state index in [0.29, 0.717) is 28.6 Å². The van der Waals surface area contributed by atoms with Crippen molar-refractivity contribution in [2.24, 2.45) is 64.1 Å². The molecule has 0 bridgehead atoms. The highest BCUT2D eigenvalue weighted by molar-refractivity contribution is 5.92. The third-order valence-corrected chi connectivity index (χ3v) is 14.0. The summed E-state index contributed by atoms with van der Waals surface area (Å²) in [6.45, 7) is 22.4. The van der Waals surface area contributed by atoms with Crippen LogP contribution in [-0.2, 0) is 9.59 Å². The molecule has 0 aromatic heterocycles. The zero-order valence-electron chi connectivity index (χ0n) is 32.6. The molecule has 5 rings (SSSR count). The second kappa shape index (κ2) is 16.6. The van der Waals surface area contributed by atoms with Crippen LogP contribution in [0, 0.1) is 64.1 Å². The van der Waals surface area contributed by atoms with Crippen molar-refractivity contribution in [1.82, 2.24) is 0 Å². The lowest BCUT2D eigenvalue weighted by molar-refractivity contribution is -0.141. The van der Waals surface area contributed by atoms with Gasteiger partial charge in [0.1, 0.15) is 11.9 Å². The Kier molecular flexibility index (Phi) is 13.3. The first-order valence-corrected chi connectivity index (χ1v) is 19.8. The van der Waals surface area contributed by atoms with Crippen LogP contribution in [0.1, 0.15) is 133 Å². The SMILES string of the molecule is CCC(C)C(=O)Nc1cccc(OC2CCC3(C)C(=CCC4C3CCC3(C)C(C(C)/C=C/C(C)C(C)C)CCC43)C2)c1.CCC(C)C(=O)O. The number of carbonyl (C=O) groups excluding carboxylic acids is 1. The average Bonchev–Trinajstić information content (AvgIpc) is 3.44. The van der Waals surface area contributed by atoms with Crippen molar-refractivity contribution < 1.29 is 19.4 Å². The predicted molar refractivity (Wildman–Crippen MR) is 204 cm³/mol. The van der Waals surface area contributed by atoms with Crippen LogP contribution < -0.4 is 10.1 Å². The monoisotopic (exact) mass is 676 g/mol. The number of carboxylic acid groups (broad SMARTS) is 1. The van der Waals surface area contributed by atoms with E-state index in [2.05, 4.69) is 65.1 Å². The van der Waals surface area contributed by atoms with Crippen molar-refractivity contribution in [1.29, 1.82) is 0 Å². The maximum atomic E-state index is 12.4. The fourth-order valence-corrected chi connectivity index (χ4v) is 9.80. The van der Waals surface area contributed by atoms with E-state index in [9.17, 15) is 9.59 Å². The van der Waals surface area contributed by atoms with Crippen LogP contribution in [0.5, 0.6) is 5.75 Å². The minimum absolute atomic E-state index is 0.0132. The van der Waals surface area contributed by atoms with Crippen LogP contribution >= 0.6 is 0 Å². The van der Waals surface area contributed by atoms with Gasteiger partial charge in [0, 0.05) is 24.1 Å². The summed E-state index contributed by atoms with van der Waals surface area (Å²) in [6.07, 6.45) is 19.8. The number of aliphatic carboxylic acids is 1. The molecule has 3 fully saturated rings. The fourth-order valence-electron chi connectivity index (χ4n) is 9.80. The van der Waals surface area contributed by atoms with Crippen LogP contribution in [0.25, 0.3) is 0 Å². The number of hydrogen-bond acceptors (Lipinski definition) is 3. The second-order valence-corrected chi connectivity index (χ2v) is 17.3. The van der Waals surface area contributed by atoms with Gasteiger partial charge in [0.25, 0.3) is 0 Å². The number of carboxylic acids is 1. The number of amides is 1. The second-order valence-electron chi connectivity index (χ2n) is 17.3. The molecule has 2 N–H and O–H groups in total. The summed E-state index contributed by atoms with van der Waals surface area (Å²) in [6, 6.07) is 7.99. The molecule has 1 aromatic carbocycles. The van der Waals surface area contributed by atoms with Crippen LogP contribution in [0.15, 0.2) is 48.1 Å². The molecule has 5 nitrogen and oxygen atoms in total. The van der Waals surface area contributed by atoms with E-state index in [1.165, 1.54) is 38.5 Å². The van der Waals surface area contributed by atoms with Gasteiger partial charge in [-0.3, -0.25) is 9.59 Å². The van der Waals surface area contributed by atoms with Gasteiger partial charge in [0.15, 0.2) is 0 Å². The van der Waals surface area contributed by atoms with Crippen LogP contribution in [0.4, 0.5) is 5.69 Å². The molecule has 11 unspecified atom stereocenters. The van der Waals surface area contributed by atoms with Crippen molar-refractivity contribution in [3.05, 3.63) is 48.1 Å². The minimum atomic E-state index is -0.706. The van der Waals surface area contributed by atoms with E-state index in [1.807, 2.05) is 45.0 Å². The minimum Gasteiger partial charge on any atom is -0.490 e. The molecule has 5 heteroatoms. The summed E-state index contributed by atoms with van der Waals surface area (Å²) in [5.74, 6) is 5.49. The van der Waals surface area contributed by atoms with Crippen molar-refractivity contribution in [2.75, 3.05) is 5.32 Å². The predicted octanol–water partition coefficient (Wildman–Crippen LogP) is 11.6. The van der Waals surface area contributed by atoms with E-state index in [-0.39, 0.29) is 23.8 Å². The molecule has 0 heterocycles. The lowest BCUT2D eigenvalue weighted by Gasteiger charge is -2.58. The molecule has 11 atom stereocenters. The Labute approximate surface area is 299 Å². The van der Waals surface area contributed by atoms with Crippen LogP contribution in [0.3, 0.4) is 0 Å². The molecular weight excluding hydrogens is 606 g/mol. The van der Waals surface area contributed by atoms with Gasteiger partial charge in [-0.05, 0) is 122 Å². The van der Waals surface area contributed by atoms with Gasteiger partial charge in [-0.2, -0.15) is 0 Å². The average molecular weight is 676 g/mol. The normalized spacial score (nSPS) is 33.1. The lowest BCUT2D eigenvalue weighted by Crippen LogP contribution is -2.51. The quantitative estimate of drug-likeness (QED) is 0.229. The van der Waals surface area contributed by atoms with E-state index in [1.54, 1.807) is 12.5 Å². The number of rotatable bonds is 11. The van der Waals surface area contributed by atoms with Crippen molar-refractivity contribution in [3.63, 3.8) is 0 Å². The van der Waals surface area contributed by atoms with E-state index >= 15 is 0 Å². The maximum absolute atomic E-state index is 12.4. The van der Waals surface area contributed by atoms with Gasteiger partial charge in [0.05, 0.1) is 5.92 Å². The Morgan fingerprint density at radius 2 is 1.65 bits per heavy atom. The number of hydrogen-bond donors (Lipinski definition) is 2. The number of carbonyl (C=O) groups is 2. The first kappa shape index (κ1) is 39.2. The molecule has 4 aliphatic rings. The highest BCUT2D eigenvalue weighted by Gasteiger charge is 2.59. The zero-order chi connectivity index (χ0) is 36.1. The highest BCUT2D eigenvalue weighted by atomic mass is 16.5. The molecule has 0 saturated heterocycles. The third kappa shape index (κ3) is 8.85. The van der Waals surface area contributed by atoms with Gasteiger partial charge < -0.3 is 15.2 Å². The molecule has 0 spiro atoms. The Morgan fingerprint density at radius 3 is 2.29 bits per heavy atom. The van der Waals surface area contributed by atoms with Gasteiger partial charge in [-0.25, -0.2) is 0 Å². The molecule has 1 amide bonds. The van der Waals surface area contributed by atoms with Gasteiger partial charge in [-0.1, -0.05) is 99.1 Å². The lowest BCUT2D eigenvalue weighted by atomic mass is 9.47. The summed E-state index contributed by atoms with van der Waals surface area (Å²) in [4.78, 5) is 22.3. The summed E-state index contributed by atoms with van der Waals surface area (Å²) in [5, 5.41) is 11.2. The smallest absolute Gasteiger partial charge is 0.306 e. The number of nitrogens with one attached hydrogen (secondary N) is 1. The third-order valence-electron chi connectivity index (χ3n) is 14.0. The molecule has 1 aromatic rings. The van der Waals surface area contributed by atoms with Crippen molar-refractivity contribution in [2.45, 2.75) is 140 Å². The molecule has 0 aliphatic heterocycles. The zero-order valence-corrected chi connectivity index (χ0v) is 32.6. The van der Waals surface area contributed by atoms with Crippen molar-refractivity contribution in [3.8, 4) is 5.75 Å². The molecule has 274 valence electrons. The molecule has 0 radical (unpaired) electrons. The van der Waals surface area contributed by atoms with Crippen LogP contribution in [0.2, 0.25) is 0 Å². The van der Waals surface area contributed by atoms with Gasteiger partial charge in [-0.15, -0.1) is 0 Å². The highest BCUT2D eigenvalue weighted by Crippen LogP contribution is 2.67. The molecule has 3 saturated carbocycles. The fraction of sp³-hybridized carbons (Fsp3) is 0.727. The summed E-state index contributed by atoms with van der Waals surface area (Å²) in [5.41, 5.74) is 3.31. The van der Waals surface area contributed by atoms with Gasteiger partial charge in [0.2, 0.25) is 5.91 Å². The van der Waals surface area contributed by atoms with Crippen molar-refractivity contribution >= 4 is 17.6 Å². The Balaban J connectivity index is 0.000000698. The van der Waals surface area contributed by atoms with Gasteiger partial charge >= 0.3 is 5.97 Å². The summed E-state index contributed by atoms with van der Waals surface area (Å²) < 4.78 is 6.58. The molecule has 49 heavy (non-hydrogen) atoms. The number of fused-ring (bicyclic) bond motifs is 5. The number of ether oxygens (including phenoxy) is 1. The van der Waals surface area contributed by atoms with E-state index in [0.717, 1.165) is 60.8 Å². The standard InChI is InChI=1S/C39H59NO2.C5H10O2/c1-9-26(4)37(41)40-30-11-10-12-31(24-30)42-32-19-21-38(7)29(23-32)15-16-33-35-18-17-34(39(35,8)22-20-36(33)38)28(6)14-13-27(5)25(2)3;1-3-4(2)5(6)7/h10-15,24-28,32-36H,9,16-23H2,1-8H3,(H,40,41);4H,3H2,1-2H3,(H,6,7)/b14-13+;. The summed E-state index contributed by atoms with van der Waals surface area (Å²) >= 11 is 0. The number of allylic oxidation sites excluding steroid dienone is 3. The molecular formula is C44H69NO4. The summed E-state index contributed by atoms with van der Waals surface area (Å²) in [7, 11) is 0. The largest absolute Gasteiger partial charge is 0.490 e.